The van der Waals surface area contributed by atoms with Crippen molar-refractivity contribution in [1.29, 1.82) is 0 Å². The predicted octanol–water partition coefficient (Wildman–Crippen LogP) is 6.87. The lowest BCUT2D eigenvalue weighted by molar-refractivity contribution is 0.163. The number of benzene rings is 2. The zero-order valence-corrected chi connectivity index (χ0v) is 19.6. The minimum absolute atomic E-state index is 0.214. The molecule has 5 rings (SSSR count). The topological polar surface area (TPSA) is 41.1 Å². The van der Waals surface area contributed by atoms with Crippen molar-refractivity contribution in [2.75, 3.05) is 13.7 Å². The molecule has 2 aliphatic rings. The molecule has 172 valence electrons. The van der Waals surface area contributed by atoms with Crippen LogP contribution in [-0.4, -0.2) is 28.5 Å². The lowest BCUT2D eigenvalue weighted by Crippen LogP contribution is -2.40. The maximum Gasteiger partial charge on any atom is 0.173 e. The van der Waals surface area contributed by atoms with Gasteiger partial charge in [-0.25, -0.2) is 13.8 Å². The Kier molecular flexibility index (Phi) is 5.44. The number of aromatic amines is 1. The maximum absolute atomic E-state index is 15.2. The van der Waals surface area contributed by atoms with E-state index in [1.54, 1.807) is 18.2 Å². The molecule has 1 fully saturated rings. The summed E-state index contributed by atoms with van der Waals surface area (Å²) in [5.41, 5.74) is 3.41. The number of fused-ring (bicyclic) bond motifs is 1. The maximum atomic E-state index is 15.2. The monoisotopic (exact) mass is 469 g/mol. The molecule has 2 aromatic carbocycles. The molecule has 2 atom stereocenters. The molecule has 1 unspecified atom stereocenters. The highest BCUT2D eigenvalue weighted by molar-refractivity contribution is 6.32. The van der Waals surface area contributed by atoms with E-state index in [9.17, 15) is 4.39 Å². The number of aryl methyl sites for hydroxylation is 1. The molecular formula is C26H26ClF2N3O. The number of methoxy groups -OCH3 is 1. The molecule has 4 nitrogen and oxygen atoms in total. The molecule has 33 heavy (non-hydrogen) atoms. The summed E-state index contributed by atoms with van der Waals surface area (Å²) < 4.78 is 35.3. The van der Waals surface area contributed by atoms with Crippen LogP contribution in [0.15, 0.2) is 59.8 Å². The SMILES string of the molecule is COC1=C(N2CCC[C@@]2(C)c2nc3c(C)c(Cl)ccc3[nH]2)CC(c2ccccc2F)C=C1F. The highest BCUT2D eigenvalue weighted by Gasteiger charge is 2.44. The average molecular weight is 470 g/mol. The number of H-pyrrole nitrogens is 1. The predicted molar refractivity (Wildman–Crippen MR) is 126 cm³/mol. The summed E-state index contributed by atoms with van der Waals surface area (Å²) in [6.45, 7) is 4.80. The summed E-state index contributed by atoms with van der Waals surface area (Å²) in [6, 6.07) is 10.3. The number of allylic oxidation sites excluding steroid dienone is 3. The van der Waals surface area contributed by atoms with Crippen molar-refractivity contribution in [1.82, 2.24) is 14.9 Å². The molecule has 2 heterocycles. The fourth-order valence-corrected chi connectivity index (χ4v) is 5.41. The van der Waals surface area contributed by atoms with Gasteiger partial charge >= 0.3 is 0 Å². The van der Waals surface area contributed by atoms with E-state index in [0.717, 1.165) is 47.5 Å². The summed E-state index contributed by atoms with van der Waals surface area (Å²) in [5, 5.41) is 0.672. The van der Waals surface area contributed by atoms with Crippen LogP contribution in [0.2, 0.25) is 5.02 Å². The van der Waals surface area contributed by atoms with Crippen LogP contribution in [0.1, 0.15) is 49.1 Å². The lowest BCUT2D eigenvalue weighted by atomic mass is 9.87. The fourth-order valence-electron chi connectivity index (χ4n) is 5.26. The molecule has 7 heteroatoms. The Morgan fingerprint density at radius 1 is 1.21 bits per heavy atom. The molecular weight excluding hydrogens is 444 g/mol. The Hall–Kier alpha value is -2.86. The van der Waals surface area contributed by atoms with Crippen LogP contribution in [-0.2, 0) is 10.3 Å². The average Bonchev–Trinajstić information content (AvgIpc) is 3.41. The standard InChI is InChI=1S/C26H26ClF2N3O/c1-15-18(27)9-10-21-23(15)31-25(30-21)26(2)11-6-12-32(26)22-14-16(13-20(29)24(22)33-3)17-7-4-5-8-19(17)28/h4-5,7-10,13,16H,6,11-12,14H2,1-3H3,(H,30,31)/t16?,26-/m0/s1. The zero-order valence-electron chi connectivity index (χ0n) is 18.9. The van der Waals surface area contributed by atoms with Gasteiger partial charge < -0.3 is 14.6 Å². The van der Waals surface area contributed by atoms with Gasteiger partial charge in [-0.1, -0.05) is 29.8 Å². The van der Waals surface area contributed by atoms with Crippen LogP contribution in [0.5, 0.6) is 0 Å². The number of likely N-dealkylation sites (tertiary alicyclic amines) is 1. The molecule has 3 aromatic rings. The first-order chi connectivity index (χ1) is 15.8. The largest absolute Gasteiger partial charge is 0.492 e. The molecule has 0 radical (unpaired) electrons. The van der Waals surface area contributed by atoms with Gasteiger partial charge in [0.15, 0.2) is 11.6 Å². The first-order valence-electron chi connectivity index (χ1n) is 11.2. The van der Waals surface area contributed by atoms with Gasteiger partial charge in [-0.3, -0.25) is 0 Å². The van der Waals surface area contributed by atoms with E-state index < -0.39 is 17.3 Å². The molecule has 0 amide bonds. The summed E-state index contributed by atoms with van der Waals surface area (Å²) in [4.78, 5) is 10.6. The normalized spacial score (nSPS) is 23.4. The van der Waals surface area contributed by atoms with E-state index in [-0.39, 0.29) is 11.6 Å². The summed E-state index contributed by atoms with van der Waals surface area (Å²) in [5.74, 6) is -0.192. The highest BCUT2D eigenvalue weighted by Crippen LogP contribution is 2.47. The number of hydrogen-bond acceptors (Lipinski definition) is 3. The molecule has 1 aromatic heterocycles. The van der Waals surface area contributed by atoms with Crippen LogP contribution >= 0.6 is 11.6 Å². The van der Waals surface area contributed by atoms with Gasteiger partial charge in [0, 0.05) is 23.9 Å². The van der Waals surface area contributed by atoms with Crippen LogP contribution in [0.4, 0.5) is 8.78 Å². The molecule has 0 saturated carbocycles. The molecule has 1 aliphatic heterocycles. The number of hydrogen-bond donors (Lipinski definition) is 1. The van der Waals surface area contributed by atoms with Gasteiger partial charge in [-0.15, -0.1) is 0 Å². The van der Waals surface area contributed by atoms with Gasteiger partial charge in [-0.05, 0) is 62.1 Å². The van der Waals surface area contributed by atoms with E-state index >= 15 is 4.39 Å². The van der Waals surface area contributed by atoms with Gasteiger partial charge in [0.05, 0.1) is 29.4 Å². The van der Waals surface area contributed by atoms with Crippen LogP contribution in [0.25, 0.3) is 11.0 Å². The van der Waals surface area contributed by atoms with E-state index in [1.807, 2.05) is 19.1 Å². The number of imidazole rings is 1. The second-order valence-electron chi connectivity index (χ2n) is 9.01. The Balaban J connectivity index is 1.58. The van der Waals surface area contributed by atoms with E-state index in [2.05, 4.69) is 16.8 Å². The Morgan fingerprint density at radius 2 is 2.00 bits per heavy atom. The number of halogens is 3. The lowest BCUT2D eigenvalue weighted by Gasteiger charge is -2.40. The van der Waals surface area contributed by atoms with Gasteiger partial charge in [0.25, 0.3) is 0 Å². The van der Waals surface area contributed by atoms with Gasteiger partial charge in [-0.2, -0.15) is 0 Å². The summed E-state index contributed by atoms with van der Waals surface area (Å²) >= 11 is 6.32. The second kappa shape index (κ2) is 8.17. The van der Waals surface area contributed by atoms with Crippen molar-refractivity contribution in [3.63, 3.8) is 0 Å². The fraction of sp³-hybridized carbons (Fsp3) is 0.346. The first kappa shape index (κ1) is 22.0. The van der Waals surface area contributed by atoms with Crippen molar-refractivity contribution < 1.29 is 13.5 Å². The van der Waals surface area contributed by atoms with Crippen molar-refractivity contribution in [2.45, 2.75) is 44.6 Å². The Morgan fingerprint density at radius 3 is 2.76 bits per heavy atom. The minimum atomic E-state index is -0.492. The summed E-state index contributed by atoms with van der Waals surface area (Å²) in [6.07, 6.45) is 3.66. The van der Waals surface area contributed by atoms with E-state index in [4.69, 9.17) is 21.3 Å². The van der Waals surface area contributed by atoms with E-state index in [0.29, 0.717) is 17.0 Å². The van der Waals surface area contributed by atoms with Crippen molar-refractivity contribution in [3.05, 3.63) is 87.5 Å². The van der Waals surface area contributed by atoms with Crippen molar-refractivity contribution in [3.8, 4) is 0 Å². The third-order valence-electron chi connectivity index (χ3n) is 7.07. The highest BCUT2D eigenvalue weighted by atomic mass is 35.5. The number of ether oxygens (including phenoxy) is 1. The third kappa shape index (κ3) is 3.52. The minimum Gasteiger partial charge on any atom is -0.492 e. The summed E-state index contributed by atoms with van der Waals surface area (Å²) in [7, 11) is 1.48. The molecule has 0 bridgehead atoms. The van der Waals surface area contributed by atoms with Crippen molar-refractivity contribution >= 4 is 22.6 Å². The number of aromatic nitrogens is 2. The Bertz CT molecular complexity index is 1300. The Labute approximate surface area is 196 Å². The molecule has 1 N–H and O–H groups in total. The van der Waals surface area contributed by atoms with Crippen LogP contribution < -0.4 is 0 Å². The quantitative estimate of drug-likeness (QED) is 0.453. The second-order valence-corrected chi connectivity index (χ2v) is 9.42. The third-order valence-corrected chi connectivity index (χ3v) is 7.48. The van der Waals surface area contributed by atoms with Gasteiger partial charge in [0.1, 0.15) is 11.6 Å². The molecule has 1 saturated heterocycles. The molecule has 1 aliphatic carbocycles. The zero-order chi connectivity index (χ0) is 23.3. The van der Waals surface area contributed by atoms with Gasteiger partial charge in [0.2, 0.25) is 0 Å². The van der Waals surface area contributed by atoms with E-state index in [1.165, 1.54) is 19.3 Å². The number of nitrogens with one attached hydrogen (secondary N) is 1. The van der Waals surface area contributed by atoms with Crippen molar-refractivity contribution in [2.24, 2.45) is 0 Å². The molecule has 0 spiro atoms. The van der Waals surface area contributed by atoms with Crippen LogP contribution in [0.3, 0.4) is 0 Å². The smallest absolute Gasteiger partial charge is 0.173 e. The number of nitrogens with zero attached hydrogens (tertiary/aromatic N) is 2. The first-order valence-corrected chi connectivity index (χ1v) is 11.5. The number of rotatable bonds is 4. The van der Waals surface area contributed by atoms with Crippen LogP contribution in [0, 0.1) is 12.7 Å².